The zero-order valence-electron chi connectivity index (χ0n) is 15.1. The van der Waals surface area contributed by atoms with Crippen LogP contribution in [0, 0.1) is 0 Å². The van der Waals surface area contributed by atoms with Crippen LogP contribution in [0.2, 0.25) is 5.02 Å². The van der Waals surface area contributed by atoms with Gasteiger partial charge in [0.2, 0.25) is 0 Å². The van der Waals surface area contributed by atoms with Crippen molar-refractivity contribution in [1.29, 1.82) is 0 Å². The fourth-order valence-corrected chi connectivity index (χ4v) is 3.99. The van der Waals surface area contributed by atoms with Gasteiger partial charge in [0, 0.05) is 22.5 Å². The van der Waals surface area contributed by atoms with Crippen LogP contribution in [0.25, 0.3) is 22.0 Å². The largest absolute Gasteiger partial charge is 0.328 e. The normalized spacial score (nSPS) is 13.2. The van der Waals surface area contributed by atoms with Gasteiger partial charge in [-0.1, -0.05) is 72.3 Å². The molecule has 0 unspecified atom stereocenters. The van der Waals surface area contributed by atoms with Gasteiger partial charge in [0.25, 0.3) is 5.91 Å². The third kappa shape index (κ3) is 2.85. The van der Waals surface area contributed by atoms with E-state index >= 15 is 0 Å². The summed E-state index contributed by atoms with van der Waals surface area (Å²) in [6.45, 7) is 1.05. The van der Waals surface area contributed by atoms with Crippen LogP contribution in [0.4, 0.5) is 0 Å². The van der Waals surface area contributed by atoms with Gasteiger partial charge in [-0.25, -0.2) is 0 Å². The molecule has 136 valence electrons. The molecule has 4 heteroatoms. The predicted molar refractivity (Wildman–Crippen MR) is 112 cm³/mol. The number of fused-ring (bicyclic) bond motifs is 2. The van der Waals surface area contributed by atoms with Crippen LogP contribution in [0.15, 0.2) is 78.9 Å². The van der Waals surface area contributed by atoms with Crippen molar-refractivity contribution in [1.82, 2.24) is 9.88 Å². The Labute approximate surface area is 168 Å². The number of aromatic nitrogens is 1. The molecule has 0 saturated carbocycles. The molecule has 1 aliphatic heterocycles. The molecule has 28 heavy (non-hydrogen) atoms. The van der Waals surface area contributed by atoms with E-state index in [1.165, 1.54) is 0 Å². The standard InChI is InChI=1S/C24H17ClN2O/c25-18-12-10-16(11-13-18)14-27-15-21-23(24(27)28)22(17-6-2-1-3-7-17)19-8-4-5-9-20(19)26-21/h1-13H,14-15H2. The molecule has 1 amide bonds. The van der Waals surface area contributed by atoms with E-state index in [2.05, 4.69) is 12.1 Å². The number of para-hydroxylation sites is 1. The Morgan fingerprint density at radius 1 is 0.857 bits per heavy atom. The number of amides is 1. The summed E-state index contributed by atoms with van der Waals surface area (Å²) in [5.41, 5.74) is 5.55. The molecular weight excluding hydrogens is 368 g/mol. The number of pyridine rings is 1. The lowest BCUT2D eigenvalue weighted by Gasteiger charge is -2.16. The van der Waals surface area contributed by atoms with E-state index in [0.29, 0.717) is 18.1 Å². The SMILES string of the molecule is O=C1c2c(nc3ccccc3c2-c2ccccc2)CN1Cc1ccc(Cl)cc1. The predicted octanol–water partition coefficient (Wildman–Crippen LogP) is 5.71. The summed E-state index contributed by atoms with van der Waals surface area (Å²) >= 11 is 5.99. The quantitative estimate of drug-likeness (QED) is 0.453. The van der Waals surface area contributed by atoms with Crippen LogP contribution in [0.5, 0.6) is 0 Å². The van der Waals surface area contributed by atoms with Gasteiger partial charge in [0.05, 0.1) is 23.3 Å². The summed E-state index contributed by atoms with van der Waals surface area (Å²) in [4.78, 5) is 20.0. The maximum Gasteiger partial charge on any atom is 0.257 e. The second-order valence-corrected chi connectivity index (χ2v) is 7.42. The lowest BCUT2D eigenvalue weighted by Crippen LogP contribution is -2.23. The zero-order valence-corrected chi connectivity index (χ0v) is 15.9. The van der Waals surface area contributed by atoms with Crippen LogP contribution in [-0.4, -0.2) is 15.8 Å². The molecule has 3 aromatic carbocycles. The van der Waals surface area contributed by atoms with Crippen LogP contribution >= 0.6 is 11.6 Å². The van der Waals surface area contributed by atoms with Crippen LogP contribution in [-0.2, 0) is 13.1 Å². The van der Waals surface area contributed by atoms with Crippen molar-refractivity contribution in [2.75, 3.05) is 0 Å². The molecule has 5 rings (SSSR count). The summed E-state index contributed by atoms with van der Waals surface area (Å²) in [7, 11) is 0. The Balaban J connectivity index is 1.64. The minimum Gasteiger partial charge on any atom is -0.328 e. The molecule has 4 aromatic rings. The Bertz CT molecular complexity index is 1190. The minimum atomic E-state index is 0.0297. The number of hydrogen-bond acceptors (Lipinski definition) is 2. The van der Waals surface area contributed by atoms with Crippen molar-refractivity contribution in [3.8, 4) is 11.1 Å². The van der Waals surface area contributed by atoms with Gasteiger partial charge >= 0.3 is 0 Å². The van der Waals surface area contributed by atoms with Gasteiger partial charge in [-0.15, -0.1) is 0 Å². The molecular formula is C24H17ClN2O. The lowest BCUT2D eigenvalue weighted by atomic mass is 9.95. The van der Waals surface area contributed by atoms with Crippen molar-refractivity contribution in [3.63, 3.8) is 0 Å². The second-order valence-electron chi connectivity index (χ2n) is 6.98. The van der Waals surface area contributed by atoms with E-state index in [4.69, 9.17) is 16.6 Å². The van der Waals surface area contributed by atoms with Gasteiger partial charge in [-0.2, -0.15) is 0 Å². The van der Waals surface area contributed by atoms with E-state index < -0.39 is 0 Å². The molecule has 0 saturated heterocycles. The van der Waals surface area contributed by atoms with Crippen molar-refractivity contribution < 1.29 is 4.79 Å². The number of benzene rings is 3. The molecule has 0 spiro atoms. The average molecular weight is 385 g/mol. The first-order valence-corrected chi connectivity index (χ1v) is 9.59. The third-order valence-corrected chi connectivity index (χ3v) is 5.41. The maximum atomic E-state index is 13.4. The van der Waals surface area contributed by atoms with Crippen molar-refractivity contribution >= 4 is 28.4 Å². The highest BCUT2D eigenvalue weighted by Crippen LogP contribution is 2.37. The average Bonchev–Trinajstić information content (AvgIpc) is 3.03. The highest BCUT2D eigenvalue weighted by atomic mass is 35.5. The Morgan fingerprint density at radius 2 is 1.57 bits per heavy atom. The van der Waals surface area contributed by atoms with E-state index in [0.717, 1.165) is 38.9 Å². The third-order valence-electron chi connectivity index (χ3n) is 5.16. The monoisotopic (exact) mass is 384 g/mol. The first-order valence-electron chi connectivity index (χ1n) is 9.21. The number of halogens is 1. The fourth-order valence-electron chi connectivity index (χ4n) is 3.86. The molecule has 0 radical (unpaired) electrons. The van der Waals surface area contributed by atoms with Gasteiger partial charge in [-0.05, 0) is 29.3 Å². The first-order chi connectivity index (χ1) is 13.7. The van der Waals surface area contributed by atoms with E-state index in [9.17, 15) is 4.79 Å². The van der Waals surface area contributed by atoms with E-state index in [1.54, 1.807) is 0 Å². The topological polar surface area (TPSA) is 33.2 Å². The maximum absolute atomic E-state index is 13.4. The first kappa shape index (κ1) is 17.0. The molecule has 1 aromatic heterocycles. The smallest absolute Gasteiger partial charge is 0.257 e. The lowest BCUT2D eigenvalue weighted by molar-refractivity contribution is 0.0767. The Morgan fingerprint density at radius 3 is 2.36 bits per heavy atom. The molecule has 0 fully saturated rings. The van der Waals surface area contributed by atoms with E-state index in [1.807, 2.05) is 71.6 Å². The van der Waals surface area contributed by atoms with Crippen molar-refractivity contribution in [2.45, 2.75) is 13.1 Å². The second kappa shape index (κ2) is 6.77. The molecule has 1 aliphatic rings. The van der Waals surface area contributed by atoms with Gasteiger partial charge in [0.15, 0.2) is 0 Å². The molecule has 0 aliphatic carbocycles. The summed E-state index contributed by atoms with van der Waals surface area (Å²) in [5, 5.41) is 1.70. The van der Waals surface area contributed by atoms with Gasteiger partial charge < -0.3 is 4.90 Å². The number of rotatable bonds is 3. The van der Waals surface area contributed by atoms with E-state index in [-0.39, 0.29) is 5.91 Å². The van der Waals surface area contributed by atoms with Gasteiger partial charge in [0.1, 0.15) is 0 Å². The van der Waals surface area contributed by atoms with Crippen molar-refractivity contribution in [3.05, 3.63) is 101 Å². The fraction of sp³-hybridized carbons (Fsp3) is 0.0833. The molecule has 0 atom stereocenters. The van der Waals surface area contributed by atoms with Crippen LogP contribution < -0.4 is 0 Å². The summed E-state index contributed by atoms with van der Waals surface area (Å²) in [6.07, 6.45) is 0. The zero-order chi connectivity index (χ0) is 19.1. The number of hydrogen-bond donors (Lipinski definition) is 0. The van der Waals surface area contributed by atoms with Gasteiger partial charge in [-0.3, -0.25) is 9.78 Å². The summed E-state index contributed by atoms with van der Waals surface area (Å²) < 4.78 is 0. The van der Waals surface area contributed by atoms with Crippen LogP contribution in [0.1, 0.15) is 21.6 Å². The number of carbonyl (C=O) groups excluding carboxylic acids is 1. The molecule has 0 bridgehead atoms. The Hall–Kier alpha value is -3.17. The summed E-state index contributed by atoms with van der Waals surface area (Å²) in [5.74, 6) is 0.0297. The molecule has 0 N–H and O–H groups in total. The molecule has 2 heterocycles. The highest BCUT2D eigenvalue weighted by Gasteiger charge is 2.33. The van der Waals surface area contributed by atoms with Crippen molar-refractivity contribution in [2.24, 2.45) is 0 Å². The molecule has 3 nitrogen and oxygen atoms in total. The minimum absolute atomic E-state index is 0.0297. The Kier molecular flexibility index (Phi) is 4.10. The number of nitrogens with zero attached hydrogens (tertiary/aromatic N) is 2. The summed E-state index contributed by atoms with van der Waals surface area (Å²) in [6, 6.07) is 25.8. The highest BCUT2D eigenvalue weighted by molar-refractivity contribution is 6.30. The van der Waals surface area contributed by atoms with Crippen LogP contribution in [0.3, 0.4) is 0 Å². The number of carbonyl (C=O) groups is 1.